The van der Waals surface area contributed by atoms with Crippen LogP contribution in [0.2, 0.25) is 5.15 Å². The van der Waals surface area contributed by atoms with Gasteiger partial charge in [-0.25, -0.2) is 26.9 Å². The molecule has 0 bridgehead atoms. The highest BCUT2D eigenvalue weighted by Crippen LogP contribution is 2.39. The number of fused-ring (bicyclic) bond motifs is 1. The number of imidazole rings is 1. The molecule has 4 heterocycles. The van der Waals surface area contributed by atoms with Crippen LogP contribution in [0.25, 0.3) is 16.3 Å². The number of halogens is 3. The van der Waals surface area contributed by atoms with Crippen LogP contribution in [0.15, 0.2) is 17.2 Å². The quantitative estimate of drug-likeness (QED) is 0.502. The standard InChI is InChI=1S/C20H24ClF2N7O2S2/c1-10-7-29(8-11(2)24-10)13-6-12(34(31,32)28-20(3)4-5-20)9-30-14(15(21)25-17(13)30)18-26-27-19(33-18)16(22)23/h6,9-11,16,24,28H,4-5,7-8H2,1-3H3/t10-,11-/m0/s1. The van der Waals surface area contributed by atoms with Gasteiger partial charge in [0, 0.05) is 36.9 Å². The summed E-state index contributed by atoms with van der Waals surface area (Å²) in [6, 6.07) is 1.93. The molecular weight excluding hydrogens is 508 g/mol. The van der Waals surface area contributed by atoms with Crippen molar-refractivity contribution in [2.45, 2.75) is 62.6 Å². The molecule has 9 nitrogen and oxygen atoms in total. The largest absolute Gasteiger partial charge is 0.365 e. The summed E-state index contributed by atoms with van der Waals surface area (Å²) in [4.78, 5) is 6.59. The molecule has 1 saturated heterocycles. The van der Waals surface area contributed by atoms with Gasteiger partial charge in [-0.3, -0.25) is 4.40 Å². The Morgan fingerprint density at radius 1 is 1.26 bits per heavy atom. The monoisotopic (exact) mass is 531 g/mol. The van der Waals surface area contributed by atoms with E-state index in [2.05, 4.69) is 30.1 Å². The molecule has 1 saturated carbocycles. The molecule has 0 spiro atoms. The Morgan fingerprint density at radius 2 is 1.94 bits per heavy atom. The number of sulfonamides is 1. The van der Waals surface area contributed by atoms with Gasteiger partial charge in [-0.15, -0.1) is 10.2 Å². The van der Waals surface area contributed by atoms with Crippen LogP contribution in [-0.2, 0) is 10.0 Å². The Hall–Kier alpha value is -1.93. The second-order valence-electron chi connectivity index (χ2n) is 9.29. The second kappa shape index (κ2) is 8.33. The fourth-order valence-corrected chi connectivity index (χ4v) is 6.80. The van der Waals surface area contributed by atoms with Crippen LogP contribution in [0, 0.1) is 0 Å². The van der Waals surface area contributed by atoms with Crippen LogP contribution >= 0.6 is 22.9 Å². The molecule has 2 aliphatic rings. The predicted octanol–water partition coefficient (Wildman–Crippen LogP) is 3.46. The number of hydrogen-bond donors (Lipinski definition) is 2. The van der Waals surface area contributed by atoms with Gasteiger partial charge in [0.15, 0.2) is 20.8 Å². The minimum absolute atomic E-state index is 0.0334. The maximum atomic E-state index is 13.3. The fourth-order valence-electron chi connectivity index (χ4n) is 4.26. The summed E-state index contributed by atoms with van der Waals surface area (Å²) in [6.07, 6.45) is 0.164. The summed E-state index contributed by atoms with van der Waals surface area (Å²) in [7, 11) is -3.87. The van der Waals surface area contributed by atoms with Crippen molar-refractivity contribution in [3.05, 3.63) is 22.4 Å². The van der Waals surface area contributed by atoms with Crippen molar-refractivity contribution in [2.24, 2.45) is 0 Å². The van der Waals surface area contributed by atoms with Gasteiger partial charge >= 0.3 is 0 Å². The number of pyridine rings is 1. The number of hydrogen-bond acceptors (Lipinski definition) is 8. The minimum atomic E-state index is -3.87. The van der Waals surface area contributed by atoms with E-state index in [1.807, 2.05) is 20.8 Å². The topological polar surface area (TPSA) is 105 Å². The molecule has 0 radical (unpaired) electrons. The van der Waals surface area contributed by atoms with Crippen LogP contribution in [0.3, 0.4) is 0 Å². The first-order valence-corrected chi connectivity index (χ1v) is 13.5. The normalized spacial score (nSPS) is 22.6. The van der Waals surface area contributed by atoms with E-state index in [-0.39, 0.29) is 32.8 Å². The van der Waals surface area contributed by atoms with Gasteiger partial charge in [0.1, 0.15) is 10.6 Å². The van der Waals surface area contributed by atoms with E-state index in [0.29, 0.717) is 35.8 Å². The van der Waals surface area contributed by atoms with Crippen molar-refractivity contribution in [1.29, 1.82) is 0 Å². The molecule has 5 rings (SSSR count). The van der Waals surface area contributed by atoms with Crippen LogP contribution < -0.4 is 14.9 Å². The number of nitrogens with zero attached hydrogens (tertiary/aromatic N) is 5. The fraction of sp³-hybridized carbons (Fsp3) is 0.550. The number of rotatable bonds is 6. The van der Waals surface area contributed by atoms with Crippen molar-refractivity contribution in [3.63, 3.8) is 0 Å². The molecule has 34 heavy (non-hydrogen) atoms. The SMILES string of the molecule is C[C@H]1CN(c2cc(S(=O)(=O)NC3(C)CC3)cn3c(-c4nnc(C(F)F)s4)c(Cl)nc23)C[C@H](C)N1. The highest BCUT2D eigenvalue weighted by Gasteiger charge is 2.41. The molecule has 1 aliphatic carbocycles. The van der Waals surface area contributed by atoms with Gasteiger partial charge in [0.25, 0.3) is 6.43 Å². The van der Waals surface area contributed by atoms with Crippen molar-refractivity contribution in [1.82, 2.24) is 29.6 Å². The lowest BCUT2D eigenvalue weighted by Gasteiger charge is -2.37. The first-order valence-electron chi connectivity index (χ1n) is 10.8. The van der Waals surface area contributed by atoms with E-state index in [9.17, 15) is 17.2 Å². The lowest BCUT2D eigenvalue weighted by atomic mass is 10.1. The van der Waals surface area contributed by atoms with E-state index >= 15 is 0 Å². The van der Waals surface area contributed by atoms with Crippen molar-refractivity contribution in [3.8, 4) is 10.7 Å². The molecule has 3 aromatic heterocycles. The van der Waals surface area contributed by atoms with Gasteiger partial charge in [-0.05, 0) is 39.7 Å². The van der Waals surface area contributed by atoms with E-state index in [1.54, 1.807) is 6.07 Å². The maximum Gasteiger partial charge on any atom is 0.291 e. The number of anilines is 1. The third kappa shape index (κ3) is 4.39. The molecule has 2 N–H and O–H groups in total. The van der Waals surface area contributed by atoms with Crippen LogP contribution in [-0.4, -0.2) is 58.7 Å². The third-order valence-corrected chi connectivity index (χ3v) is 8.86. The van der Waals surface area contributed by atoms with Gasteiger partial charge in [-0.2, -0.15) is 0 Å². The molecule has 2 fully saturated rings. The zero-order chi connectivity index (χ0) is 24.4. The molecule has 0 unspecified atom stereocenters. The summed E-state index contributed by atoms with van der Waals surface area (Å²) >= 11 is 7.16. The lowest BCUT2D eigenvalue weighted by Crippen LogP contribution is -2.54. The molecule has 0 aromatic carbocycles. The summed E-state index contributed by atoms with van der Waals surface area (Å²) in [6.45, 7) is 7.21. The maximum absolute atomic E-state index is 13.3. The van der Waals surface area contributed by atoms with Gasteiger partial charge in [0.05, 0.1) is 5.69 Å². The summed E-state index contributed by atoms with van der Waals surface area (Å²) in [5.41, 5.74) is 0.781. The Kier molecular flexibility index (Phi) is 5.83. The number of piperazine rings is 1. The molecular formula is C20H24ClF2N7O2S2. The molecule has 1 aliphatic heterocycles. The Bertz CT molecular complexity index is 1350. The van der Waals surface area contributed by atoms with Crippen LogP contribution in [0.5, 0.6) is 0 Å². The van der Waals surface area contributed by atoms with Gasteiger partial charge in [0.2, 0.25) is 10.0 Å². The Balaban J connectivity index is 1.71. The number of aromatic nitrogens is 4. The Labute approximate surface area is 204 Å². The van der Waals surface area contributed by atoms with Crippen molar-refractivity contribution < 1.29 is 17.2 Å². The summed E-state index contributed by atoms with van der Waals surface area (Å²) in [5, 5.41) is 10.6. The molecule has 14 heteroatoms. The zero-order valence-electron chi connectivity index (χ0n) is 18.7. The lowest BCUT2D eigenvalue weighted by molar-refractivity contribution is 0.150. The highest BCUT2D eigenvalue weighted by molar-refractivity contribution is 7.89. The van der Waals surface area contributed by atoms with Crippen LogP contribution in [0.4, 0.5) is 14.5 Å². The highest BCUT2D eigenvalue weighted by atomic mass is 35.5. The predicted molar refractivity (Wildman–Crippen MR) is 126 cm³/mol. The van der Waals surface area contributed by atoms with E-state index in [1.165, 1.54) is 10.6 Å². The molecule has 0 amide bonds. The Morgan fingerprint density at radius 3 is 2.53 bits per heavy atom. The molecule has 184 valence electrons. The van der Waals surface area contributed by atoms with E-state index in [0.717, 1.165) is 12.8 Å². The molecule has 2 atom stereocenters. The number of nitrogens with one attached hydrogen (secondary N) is 2. The first kappa shape index (κ1) is 23.8. The zero-order valence-corrected chi connectivity index (χ0v) is 21.1. The summed E-state index contributed by atoms with van der Waals surface area (Å²) < 4.78 is 57.2. The van der Waals surface area contributed by atoms with Gasteiger partial charge < -0.3 is 10.2 Å². The smallest absolute Gasteiger partial charge is 0.291 e. The second-order valence-corrected chi connectivity index (χ2v) is 12.3. The van der Waals surface area contributed by atoms with Crippen LogP contribution in [0.1, 0.15) is 45.0 Å². The average Bonchev–Trinajstić information content (AvgIpc) is 3.12. The van der Waals surface area contributed by atoms with E-state index in [4.69, 9.17) is 11.6 Å². The number of alkyl halides is 2. The summed E-state index contributed by atoms with van der Waals surface area (Å²) in [5.74, 6) is 0. The van der Waals surface area contributed by atoms with Gasteiger partial charge in [-0.1, -0.05) is 22.9 Å². The molecule has 3 aromatic rings. The van der Waals surface area contributed by atoms with Crippen molar-refractivity contribution in [2.75, 3.05) is 18.0 Å². The minimum Gasteiger partial charge on any atom is -0.365 e. The first-order chi connectivity index (χ1) is 16.0. The third-order valence-electron chi connectivity index (χ3n) is 6.05. The average molecular weight is 532 g/mol. The van der Waals surface area contributed by atoms with E-state index < -0.39 is 27.0 Å². The van der Waals surface area contributed by atoms with Crippen molar-refractivity contribution >= 4 is 44.3 Å².